The molecule has 0 aliphatic heterocycles. The maximum atomic E-state index is 13.0. The number of anilines is 2. The summed E-state index contributed by atoms with van der Waals surface area (Å²) in [5.74, 6) is -0.953. The number of amides is 1. The second kappa shape index (κ2) is 8.52. The fourth-order valence-corrected chi connectivity index (χ4v) is 4.28. The van der Waals surface area contributed by atoms with Gasteiger partial charge < -0.3 is 5.32 Å². The molecule has 0 bridgehead atoms. The molecule has 0 fully saturated rings. The van der Waals surface area contributed by atoms with Crippen LogP contribution in [0.15, 0.2) is 93.1 Å². The highest BCUT2D eigenvalue weighted by Gasteiger charge is 2.22. The SMILES string of the molecule is CN(c1ccccc1)S(=O)(=O)c1cccc(C(=O)Nc2cccc(-c3noc(=O)[nH]3)c2)c1. The summed E-state index contributed by atoms with van der Waals surface area (Å²) in [5.41, 5.74) is 1.65. The maximum absolute atomic E-state index is 13.0. The monoisotopic (exact) mass is 450 g/mol. The van der Waals surface area contributed by atoms with Gasteiger partial charge in [0.05, 0.1) is 10.6 Å². The first-order chi connectivity index (χ1) is 15.3. The third-order valence-electron chi connectivity index (χ3n) is 4.71. The molecule has 1 aromatic heterocycles. The zero-order valence-electron chi connectivity index (χ0n) is 16.8. The first-order valence-electron chi connectivity index (χ1n) is 9.46. The zero-order valence-corrected chi connectivity index (χ0v) is 17.7. The number of nitrogens with one attached hydrogen (secondary N) is 2. The summed E-state index contributed by atoms with van der Waals surface area (Å²) in [5, 5.41) is 6.33. The van der Waals surface area contributed by atoms with Gasteiger partial charge in [-0.15, -0.1) is 0 Å². The van der Waals surface area contributed by atoms with E-state index in [9.17, 15) is 18.0 Å². The predicted molar refractivity (Wildman–Crippen MR) is 119 cm³/mol. The van der Waals surface area contributed by atoms with Crippen molar-refractivity contribution in [2.24, 2.45) is 0 Å². The van der Waals surface area contributed by atoms with Gasteiger partial charge in [0.25, 0.3) is 15.9 Å². The minimum absolute atomic E-state index is 0.00886. The third kappa shape index (κ3) is 4.30. The van der Waals surface area contributed by atoms with Crippen molar-refractivity contribution in [1.29, 1.82) is 0 Å². The molecular weight excluding hydrogens is 432 g/mol. The molecule has 9 nitrogen and oxygen atoms in total. The van der Waals surface area contributed by atoms with Gasteiger partial charge in [0.15, 0.2) is 5.82 Å². The van der Waals surface area contributed by atoms with E-state index in [1.807, 2.05) is 0 Å². The summed E-state index contributed by atoms with van der Waals surface area (Å²) in [4.78, 5) is 26.4. The lowest BCUT2D eigenvalue weighted by Gasteiger charge is -2.19. The number of hydrogen-bond donors (Lipinski definition) is 2. The van der Waals surface area contributed by atoms with E-state index in [1.54, 1.807) is 54.6 Å². The highest BCUT2D eigenvalue weighted by molar-refractivity contribution is 7.92. The van der Waals surface area contributed by atoms with E-state index in [-0.39, 0.29) is 16.3 Å². The van der Waals surface area contributed by atoms with E-state index < -0.39 is 21.7 Å². The molecule has 0 unspecified atom stereocenters. The summed E-state index contributed by atoms with van der Waals surface area (Å²) in [7, 11) is -2.40. The summed E-state index contributed by atoms with van der Waals surface area (Å²) < 4.78 is 31.7. The maximum Gasteiger partial charge on any atom is 0.439 e. The molecule has 10 heteroatoms. The van der Waals surface area contributed by atoms with Crippen LogP contribution in [0.2, 0.25) is 0 Å². The molecule has 0 atom stereocenters. The minimum Gasteiger partial charge on any atom is -0.322 e. The molecule has 4 aromatic rings. The molecule has 0 radical (unpaired) electrons. The largest absolute Gasteiger partial charge is 0.439 e. The van der Waals surface area contributed by atoms with Gasteiger partial charge in [0.1, 0.15) is 0 Å². The van der Waals surface area contributed by atoms with Crippen LogP contribution in [-0.2, 0) is 10.0 Å². The van der Waals surface area contributed by atoms with Crippen LogP contribution in [0.3, 0.4) is 0 Å². The van der Waals surface area contributed by atoms with Gasteiger partial charge in [-0.05, 0) is 42.5 Å². The molecule has 0 aliphatic rings. The van der Waals surface area contributed by atoms with Crippen molar-refractivity contribution < 1.29 is 17.7 Å². The van der Waals surface area contributed by atoms with E-state index in [0.29, 0.717) is 16.9 Å². The summed E-state index contributed by atoms with van der Waals surface area (Å²) >= 11 is 0. The lowest BCUT2D eigenvalue weighted by molar-refractivity contribution is 0.102. The average Bonchev–Trinajstić information content (AvgIpc) is 3.25. The number of H-pyrrole nitrogens is 1. The van der Waals surface area contributed by atoms with E-state index in [0.717, 1.165) is 4.31 Å². The van der Waals surface area contributed by atoms with Crippen LogP contribution in [0.25, 0.3) is 11.4 Å². The molecule has 162 valence electrons. The summed E-state index contributed by atoms with van der Waals surface area (Å²) in [6.45, 7) is 0. The Bertz CT molecular complexity index is 1430. The van der Waals surface area contributed by atoms with Crippen LogP contribution < -0.4 is 15.4 Å². The second-order valence-corrected chi connectivity index (χ2v) is 8.78. The molecule has 0 saturated heterocycles. The predicted octanol–water partition coefficient (Wildman–Crippen LogP) is 3.11. The fourth-order valence-electron chi connectivity index (χ4n) is 3.03. The normalized spacial score (nSPS) is 11.2. The lowest BCUT2D eigenvalue weighted by atomic mass is 10.1. The molecule has 1 amide bonds. The first-order valence-corrected chi connectivity index (χ1v) is 10.9. The van der Waals surface area contributed by atoms with Crippen LogP contribution in [0.5, 0.6) is 0 Å². The second-order valence-electron chi connectivity index (χ2n) is 6.81. The Morgan fingerprint density at radius 3 is 2.47 bits per heavy atom. The fraction of sp³-hybridized carbons (Fsp3) is 0.0455. The molecule has 4 rings (SSSR count). The van der Waals surface area contributed by atoms with Crippen LogP contribution in [-0.4, -0.2) is 31.5 Å². The lowest BCUT2D eigenvalue weighted by Crippen LogP contribution is -2.26. The Morgan fingerprint density at radius 2 is 1.75 bits per heavy atom. The van der Waals surface area contributed by atoms with Crippen LogP contribution in [0.1, 0.15) is 10.4 Å². The van der Waals surface area contributed by atoms with Crippen molar-refractivity contribution in [3.05, 3.63) is 95.0 Å². The van der Waals surface area contributed by atoms with Crippen molar-refractivity contribution in [1.82, 2.24) is 10.1 Å². The van der Waals surface area contributed by atoms with Gasteiger partial charge >= 0.3 is 5.76 Å². The Morgan fingerprint density at radius 1 is 1.00 bits per heavy atom. The van der Waals surface area contributed by atoms with Gasteiger partial charge in [-0.2, -0.15) is 0 Å². The minimum atomic E-state index is -3.86. The highest BCUT2D eigenvalue weighted by atomic mass is 32.2. The Hall–Kier alpha value is -4.18. The average molecular weight is 450 g/mol. The smallest absolute Gasteiger partial charge is 0.322 e. The molecule has 32 heavy (non-hydrogen) atoms. The van der Waals surface area contributed by atoms with Crippen molar-refractivity contribution >= 4 is 27.3 Å². The Balaban J connectivity index is 1.57. The third-order valence-corrected chi connectivity index (χ3v) is 6.49. The zero-order chi connectivity index (χ0) is 22.7. The first kappa shape index (κ1) is 21.1. The van der Waals surface area contributed by atoms with Gasteiger partial charge in [-0.25, -0.2) is 13.2 Å². The number of para-hydroxylation sites is 1. The van der Waals surface area contributed by atoms with Crippen molar-refractivity contribution in [2.75, 3.05) is 16.7 Å². The molecule has 3 aromatic carbocycles. The Kier molecular flexibility index (Phi) is 5.61. The number of sulfonamides is 1. The number of aromatic nitrogens is 2. The van der Waals surface area contributed by atoms with Crippen molar-refractivity contribution in [2.45, 2.75) is 4.90 Å². The molecule has 0 aliphatic carbocycles. The number of benzene rings is 3. The summed E-state index contributed by atoms with van der Waals surface area (Å²) in [6.07, 6.45) is 0. The number of nitrogens with zero attached hydrogens (tertiary/aromatic N) is 2. The van der Waals surface area contributed by atoms with E-state index in [2.05, 4.69) is 20.0 Å². The molecule has 0 spiro atoms. The summed E-state index contributed by atoms with van der Waals surface area (Å²) in [6, 6.07) is 21.1. The molecule has 2 N–H and O–H groups in total. The molecule has 1 heterocycles. The highest BCUT2D eigenvalue weighted by Crippen LogP contribution is 2.23. The van der Waals surface area contributed by atoms with E-state index in [4.69, 9.17) is 0 Å². The van der Waals surface area contributed by atoms with Crippen LogP contribution in [0.4, 0.5) is 11.4 Å². The van der Waals surface area contributed by atoms with E-state index >= 15 is 0 Å². The van der Waals surface area contributed by atoms with Gasteiger partial charge in [0.2, 0.25) is 0 Å². The van der Waals surface area contributed by atoms with Crippen LogP contribution >= 0.6 is 0 Å². The quantitative estimate of drug-likeness (QED) is 0.465. The Labute approximate surface area is 183 Å². The van der Waals surface area contributed by atoms with E-state index in [1.165, 1.54) is 31.3 Å². The van der Waals surface area contributed by atoms with Gasteiger partial charge in [-0.1, -0.05) is 41.6 Å². The van der Waals surface area contributed by atoms with Gasteiger partial charge in [-0.3, -0.25) is 18.6 Å². The van der Waals surface area contributed by atoms with Crippen molar-refractivity contribution in [3.8, 4) is 11.4 Å². The number of carbonyl (C=O) groups is 1. The van der Waals surface area contributed by atoms with Gasteiger partial charge in [0, 0.05) is 23.9 Å². The number of rotatable bonds is 6. The topological polar surface area (TPSA) is 125 Å². The standard InChI is InChI=1S/C22H18N4O5S/c1-26(18-10-3-2-4-11-18)32(29,30)19-12-6-8-16(14-19)21(27)23-17-9-5-7-15(13-17)20-24-22(28)31-25-20/h2-14H,1H3,(H,23,27)(H,24,25,28). The molecular formula is C22H18N4O5S. The number of carbonyl (C=O) groups excluding carboxylic acids is 1. The van der Waals surface area contributed by atoms with Crippen LogP contribution in [0, 0.1) is 0 Å². The van der Waals surface area contributed by atoms with Crippen molar-refractivity contribution in [3.63, 3.8) is 0 Å². The number of hydrogen-bond acceptors (Lipinski definition) is 6. The number of aromatic amines is 1. The molecule has 0 saturated carbocycles.